The molecule has 0 aliphatic heterocycles. The van der Waals surface area contributed by atoms with E-state index in [4.69, 9.17) is 10.8 Å². The van der Waals surface area contributed by atoms with Gasteiger partial charge in [0.05, 0.1) is 16.8 Å². The van der Waals surface area contributed by atoms with Crippen LogP contribution in [0.1, 0.15) is 32.1 Å². The van der Waals surface area contributed by atoms with Crippen molar-refractivity contribution in [1.82, 2.24) is 4.98 Å². The van der Waals surface area contributed by atoms with E-state index >= 15 is 0 Å². The van der Waals surface area contributed by atoms with Crippen LogP contribution in [0.25, 0.3) is 0 Å². The van der Waals surface area contributed by atoms with Gasteiger partial charge >= 0.3 is 12.0 Å². The summed E-state index contributed by atoms with van der Waals surface area (Å²) in [6.45, 7) is 0.654. The maximum absolute atomic E-state index is 13.0. The van der Waals surface area contributed by atoms with Crippen LogP contribution in [-0.4, -0.2) is 34.4 Å². The van der Waals surface area contributed by atoms with Gasteiger partial charge in [0.2, 0.25) is 0 Å². The number of carboxylic acids is 1. The van der Waals surface area contributed by atoms with Gasteiger partial charge in [0, 0.05) is 23.7 Å². The Bertz CT molecular complexity index is 821. The molecular weight excluding hydrogens is 396 g/mol. The van der Waals surface area contributed by atoms with Crippen molar-refractivity contribution in [3.8, 4) is 0 Å². The Kier molecular flexibility index (Phi) is 7.16. The first kappa shape index (κ1) is 20.5. The van der Waals surface area contributed by atoms with E-state index in [1.807, 2.05) is 18.2 Å². The zero-order valence-corrected chi connectivity index (χ0v) is 17.1. The molecule has 2 aromatic rings. The summed E-state index contributed by atoms with van der Waals surface area (Å²) < 4.78 is 0.878. The van der Waals surface area contributed by atoms with E-state index in [1.165, 1.54) is 35.9 Å². The molecule has 9 heteroatoms. The highest BCUT2D eigenvalue weighted by molar-refractivity contribution is 8.01. The number of aliphatic carboxylic acids is 1. The van der Waals surface area contributed by atoms with Crippen LogP contribution in [-0.2, 0) is 4.79 Å². The van der Waals surface area contributed by atoms with Crippen molar-refractivity contribution in [2.24, 2.45) is 5.92 Å². The van der Waals surface area contributed by atoms with Gasteiger partial charge in [-0.25, -0.2) is 9.78 Å². The number of carbonyl (C=O) groups is 2. The normalized spacial score (nSPS) is 14.1. The minimum Gasteiger partial charge on any atom is -0.481 e. The average Bonchev–Trinajstić information content (AvgIpc) is 3.31. The number of nitrogens with zero attached hydrogens (tertiary/aromatic N) is 2. The summed E-state index contributed by atoms with van der Waals surface area (Å²) >= 11 is 2.77. The summed E-state index contributed by atoms with van der Waals surface area (Å²) in [4.78, 5) is 29.6. The molecule has 150 valence electrons. The van der Waals surface area contributed by atoms with Gasteiger partial charge in [-0.15, -0.1) is 11.8 Å². The Morgan fingerprint density at radius 1 is 1.36 bits per heavy atom. The number of aromatic nitrogens is 1. The third kappa shape index (κ3) is 5.87. The second-order valence-electron chi connectivity index (χ2n) is 6.76. The van der Waals surface area contributed by atoms with Gasteiger partial charge < -0.3 is 10.8 Å². The number of hydrogen-bond donors (Lipinski definition) is 3. The molecule has 0 saturated heterocycles. The number of nitrogens with two attached hydrogens (primary N) is 1. The Balaban J connectivity index is 1.67. The van der Waals surface area contributed by atoms with Crippen LogP contribution in [0, 0.1) is 5.92 Å². The van der Waals surface area contributed by atoms with Gasteiger partial charge in [0.15, 0.2) is 5.13 Å². The number of carboxylic acid groups (broad SMARTS) is 1. The van der Waals surface area contributed by atoms with Crippen molar-refractivity contribution < 1.29 is 14.7 Å². The minimum absolute atomic E-state index is 0.0921. The summed E-state index contributed by atoms with van der Waals surface area (Å²) in [5, 5.41) is 12.1. The Labute approximate surface area is 172 Å². The van der Waals surface area contributed by atoms with Gasteiger partial charge in [0.25, 0.3) is 0 Å². The topological polar surface area (TPSA) is 109 Å². The van der Waals surface area contributed by atoms with Crippen LogP contribution < -0.4 is 16.0 Å². The highest BCUT2D eigenvalue weighted by atomic mass is 32.2. The Hall–Kier alpha value is -2.26. The lowest BCUT2D eigenvalue weighted by molar-refractivity contribution is -0.136. The van der Waals surface area contributed by atoms with Crippen molar-refractivity contribution in [2.45, 2.75) is 36.3 Å². The van der Waals surface area contributed by atoms with E-state index in [9.17, 15) is 9.59 Å². The Morgan fingerprint density at radius 2 is 2.14 bits per heavy atom. The molecule has 0 bridgehead atoms. The van der Waals surface area contributed by atoms with Gasteiger partial charge in [-0.2, -0.15) is 0 Å². The van der Waals surface area contributed by atoms with Crippen molar-refractivity contribution >= 4 is 51.6 Å². The van der Waals surface area contributed by atoms with Crippen LogP contribution >= 0.6 is 23.1 Å². The minimum atomic E-state index is -0.824. The molecule has 1 aromatic heterocycles. The molecule has 1 aliphatic carbocycles. The molecule has 1 aliphatic rings. The SMILES string of the molecule is Nc1cccc(N(CC2CCCC2)C(=O)Nc2ncc(SCCC(=O)O)s2)c1. The predicted octanol–water partition coefficient (Wildman–Crippen LogP) is 4.52. The fourth-order valence-electron chi connectivity index (χ4n) is 3.23. The fourth-order valence-corrected chi connectivity index (χ4v) is 5.10. The molecule has 0 atom stereocenters. The lowest BCUT2D eigenvalue weighted by Crippen LogP contribution is -2.38. The molecule has 3 rings (SSSR count). The van der Waals surface area contributed by atoms with Crippen molar-refractivity contribution in [3.63, 3.8) is 0 Å². The summed E-state index contributed by atoms with van der Waals surface area (Å²) in [5.74, 6) is 0.142. The lowest BCUT2D eigenvalue weighted by atomic mass is 10.1. The number of nitrogens with one attached hydrogen (secondary N) is 1. The second kappa shape index (κ2) is 9.79. The standard InChI is InChI=1S/C19H24N4O3S2/c20-14-6-3-7-15(10-14)23(12-13-4-1-2-5-13)19(26)22-18-21-11-17(28-18)27-9-8-16(24)25/h3,6-7,10-11,13H,1-2,4-5,8-9,12,20H2,(H,24,25)(H,21,22,26). The number of amides is 2. The lowest BCUT2D eigenvalue weighted by Gasteiger charge is -2.26. The Morgan fingerprint density at radius 3 is 2.86 bits per heavy atom. The van der Waals surface area contributed by atoms with Gasteiger partial charge in [0.1, 0.15) is 0 Å². The van der Waals surface area contributed by atoms with E-state index < -0.39 is 5.97 Å². The number of rotatable bonds is 8. The molecule has 1 fully saturated rings. The van der Waals surface area contributed by atoms with E-state index in [-0.39, 0.29) is 12.5 Å². The smallest absolute Gasteiger partial charge is 0.328 e. The molecule has 7 nitrogen and oxygen atoms in total. The van der Waals surface area contributed by atoms with E-state index in [0.29, 0.717) is 29.0 Å². The molecule has 1 heterocycles. The third-order valence-corrected chi connectivity index (χ3v) is 6.71. The van der Waals surface area contributed by atoms with E-state index in [2.05, 4.69) is 10.3 Å². The zero-order valence-electron chi connectivity index (χ0n) is 15.5. The highest BCUT2D eigenvalue weighted by Gasteiger charge is 2.24. The van der Waals surface area contributed by atoms with Crippen LogP contribution in [0.4, 0.5) is 21.3 Å². The predicted molar refractivity (Wildman–Crippen MR) is 114 cm³/mol. The number of benzene rings is 1. The van der Waals surface area contributed by atoms with E-state index in [0.717, 1.165) is 22.7 Å². The maximum atomic E-state index is 13.0. The summed E-state index contributed by atoms with van der Waals surface area (Å²) in [5.41, 5.74) is 7.31. The van der Waals surface area contributed by atoms with Crippen LogP contribution in [0.5, 0.6) is 0 Å². The van der Waals surface area contributed by atoms with Gasteiger partial charge in [-0.1, -0.05) is 30.2 Å². The maximum Gasteiger partial charge on any atom is 0.328 e. The molecule has 2 amide bonds. The van der Waals surface area contributed by atoms with Gasteiger partial charge in [-0.3, -0.25) is 15.0 Å². The molecule has 4 N–H and O–H groups in total. The highest BCUT2D eigenvalue weighted by Crippen LogP contribution is 2.31. The number of carbonyl (C=O) groups excluding carboxylic acids is 1. The van der Waals surface area contributed by atoms with Crippen molar-refractivity contribution in [1.29, 1.82) is 0 Å². The number of urea groups is 1. The van der Waals surface area contributed by atoms with Crippen LogP contribution in [0.3, 0.4) is 0 Å². The third-order valence-electron chi connectivity index (χ3n) is 4.60. The number of nitrogen functional groups attached to an aromatic ring is 1. The molecule has 1 aromatic carbocycles. The number of thioether (sulfide) groups is 1. The van der Waals surface area contributed by atoms with Crippen molar-refractivity contribution in [3.05, 3.63) is 30.5 Å². The van der Waals surface area contributed by atoms with E-state index in [1.54, 1.807) is 17.2 Å². The molecule has 1 saturated carbocycles. The monoisotopic (exact) mass is 420 g/mol. The molecule has 0 unspecified atom stereocenters. The quantitative estimate of drug-likeness (QED) is 0.428. The molecular formula is C19H24N4O3S2. The summed E-state index contributed by atoms with van der Waals surface area (Å²) in [6.07, 6.45) is 6.44. The molecule has 0 radical (unpaired) electrons. The van der Waals surface area contributed by atoms with Crippen LogP contribution in [0.15, 0.2) is 34.7 Å². The number of hydrogen-bond acceptors (Lipinski definition) is 6. The summed E-state index contributed by atoms with van der Waals surface area (Å²) in [6, 6.07) is 7.12. The van der Waals surface area contributed by atoms with Crippen LogP contribution in [0.2, 0.25) is 0 Å². The van der Waals surface area contributed by atoms with Crippen molar-refractivity contribution in [2.75, 3.05) is 28.2 Å². The first-order valence-electron chi connectivity index (χ1n) is 9.26. The average molecular weight is 421 g/mol. The number of anilines is 3. The molecule has 0 spiro atoms. The number of thiazole rings is 1. The first-order valence-corrected chi connectivity index (χ1v) is 11.1. The fraction of sp³-hybridized carbons (Fsp3) is 0.421. The molecule has 28 heavy (non-hydrogen) atoms. The first-order chi connectivity index (χ1) is 13.5. The summed E-state index contributed by atoms with van der Waals surface area (Å²) in [7, 11) is 0. The second-order valence-corrected chi connectivity index (χ2v) is 9.19. The largest absolute Gasteiger partial charge is 0.481 e. The van der Waals surface area contributed by atoms with Gasteiger partial charge in [-0.05, 0) is 37.0 Å². The zero-order chi connectivity index (χ0) is 19.9.